The molecule has 0 saturated carbocycles. The molecule has 3 heterocycles. The number of carbonyl (C=O) groups is 3. The smallest absolute Gasteiger partial charge is 0.335 e. The molecule has 1 fully saturated rings. The summed E-state index contributed by atoms with van der Waals surface area (Å²) in [6, 6.07) is 35.3. The SMILES string of the molecule is CCOc1cc(/C=C2\C(=O)NC(=O)N(c3cc4c5c(c3)[C@H](c3ccccc3)CCN5CC[C@H]4c3ccccc3)C2=O)cc(Br)c1OCc1ccc(Br)cc1. The maximum Gasteiger partial charge on any atom is 0.335 e. The van der Waals surface area contributed by atoms with Crippen LogP contribution < -0.4 is 24.6 Å². The molecule has 4 amide bonds. The van der Waals surface area contributed by atoms with Gasteiger partial charge in [0.15, 0.2) is 11.5 Å². The van der Waals surface area contributed by atoms with E-state index in [4.69, 9.17) is 9.47 Å². The van der Waals surface area contributed by atoms with Crippen LogP contribution in [0.5, 0.6) is 11.5 Å². The van der Waals surface area contributed by atoms with Crippen molar-refractivity contribution in [2.45, 2.75) is 38.2 Å². The van der Waals surface area contributed by atoms with Gasteiger partial charge in [0.25, 0.3) is 11.8 Å². The lowest BCUT2D eigenvalue weighted by atomic mass is 9.76. The van der Waals surface area contributed by atoms with Crippen molar-refractivity contribution in [2.75, 3.05) is 29.5 Å². The van der Waals surface area contributed by atoms with E-state index in [1.807, 2.05) is 79.7 Å². The first kappa shape index (κ1) is 35.8. The Morgan fingerprint density at radius 2 is 1.39 bits per heavy atom. The molecular formula is C44H37Br2N3O5. The van der Waals surface area contributed by atoms with Gasteiger partial charge in [0.1, 0.15) is 12.2 Å². The Morgan fingerprint density at radius 1 is 0.778 bits per heavy atom. The highest BCUT2D eigenvalue weighted by molar-refractivity contribution is 9.10. The molecule has 1 N–H and O–H groups in total. The fraction of sp³-hybridized carbons (Fsp3) is 0.205. The van der Waals surface area contributed by atoms with Crippen LogP contribution in [0, 0.1) is 0 Å². The highest BCUT2D eigenvalue weighted by Crippen LogP contribution is 2.50. The minimum Gasteiger partial charge on any atom is -0.490 e. The van der Waals surface area contributed by atoms with Gasteiger partial charge >= 0.3 is 6.03 Å². The number of rotatable bonds is 9. The van der Waals surface area contributed by atoms with Crippen LogP contribution >= 0.6 is 31.9 Å². The number of halogens is 2. The van der Waals surface area contributed by atoms with Gasteiger partial charge in [-0.25, -0.2) is 9.69 Å². The number of carbonyl (C=O) groups excluding carboxylic acids is 3. The number of barbiturate groups is 1. The Kier molecular flexibility index (Phi) is 10.1. The summed E-state index contributed by atoms with van der Waals surface area (Å²) in [6.45, 7) is 4.38. The van der Waals surface area contributed by atoms with Crippen molar-refractivity contribution >= 4 is 67.2 Å². The van der Waals surface area contributed by atoms with E-state index < -0.39 is 17.8 Å². The summed E-state index contributed by atoms with van der Waals surface area (Å²) >= 11 is 7.08. The van der Waals surface area contributed by atoms with Crippen molar-refractivity contribution in [1.29, 1.82) is 0 Å². The highest BCUT2D eigenvalue weighted by Gasteiger charge is 2.40. The number of imide groups is 2. The summed E-state index contributed by atoms with van der Waals surface area (Å²) < 4.78 is 13.7. The van der Waals surface area contributed by atoms with Gasteiger partial charge in [-0.15, -0.1) is 0 Å². The second kappa shape index (κ2) is 15.3. The molecule has 0 unspecified atom stereocenters. The fourth-order valence-corrected chi connectivity index (χ4v) is 8.68. The zero-order valence-electron chi connectivity index (χ0n) is 29.6. The maximum atomic E-state index is 14.4. The Labute approximate surface area is 331 Å². The van der Waals surface area contributed by atoms with Crippen LogP contribution in [0.1, 0.15) is 65.0 Å². The summed E-state index contributed by atoms with van der Waals surface area (Å²) in [5.74, 6) is -0.369. The number of nitrogens with zero attached hydrogens (tertiary/aromatic N) is 2. The second-order valence-corrected chi connectivity index (χ2v) is 15.4. The predicted molar refractivity (Wildman–Crippen MR) is 217 cm³/mol. The van der Waals surface area contributed by atoms with Gasteiger partial charge in [-0.05, 0) is 112 Å². The molecule has 0 spiro atoms. The third-order valence-electron chi connectivity index (χ3n) is 10.3. The summed E-state index contributed by atoms with van der Waals surface area (Å²) in [5, 5.41) is 2.44. The average molecular weight is 848 g/mol. The fourth-order valence-electron chi connectivity index (χ4n) is 7.84. The molecule has 5 aromatic rings. The molecule has 0 bridgehead atoms. The lowest BCUT2D eigenvalue weighted by Gasteiger charge is -2.44. The molecule has 0 aromatic heterocycles. The van der Waals surface area contributed by atoms with Crippen molar-refractivity contribution in [3.05, 3.63) is 157 Å². The molecule has 10 heteroatoms. The van der Waals surface area contributed by atoms with Crippen LogP contribution in [0.25, 0.3) is 6.08 Å². The molecule has 54 heavy (non-hydrogen) atoms. The summed E-state index contributed by atoms with van der Waals surface area (Å²) in [4.78, 5) is 45.1. The molecule has 5 aromatic carbocycles. The number of hydrogen-bond donors (Lipinski definition) is 1. The molecule has 0 aliphatic carbocycles. The molecule has 0 radical (unpaired) electrons. The number of benzene rings is 5. The van der Waals surface area contributed by atoms with E-state index in [1.54, 1.807) is 12.1 Å². The van der Waals surface area contributed by atoms with Crippen molar-refractivity contribution in [1.82, 2.24) is 5.32 Å². The van der Waals surface area contributed by atoms with Crippen LogP contribution in [-0.4, -0.2) is 37.5 Å². The molecular weight excluding hydrogens is 810 g/mol. The standard InChI is InChI=1S/C44H37Br2N3O5/c1-2-53-39-23-28(22-38(46)41(39)54-26-27-13-15-31(45)16-14-27)21-37-42(50)47-44(52)49(43(37)51)32-24-35-33(29-9-5-3-6-10-29)17-19-48-20-18-34(36(25-32)40(35)48)30-11-7-4-8-12-30/h3-16,21-25,33-34H,2,17-20,26H2,1H3,(H,47,50,52)/b37-21+/t33-,34-/m0/s1. The van der Waals surface area contributed by atoms with Crippen LogP contribution in [0.3, 0.4) is 0 Å². The molecule has 2 atom stereocenters. The Bertz CT molecular complexity index is 2210. The lowest BCUT2D eigenvalue weighted by Crippen LogP contribution is -2.54. The van der Waals surface area contributed by atoms with Gasteiger partial charge in [-0.3, -0.25) is 14.9 Å². The monoisotopic (exact) mass is 845 g/mol. The Hall–Kier alpha value is -5.19. The summed E-state index contributed by atoms with van der Waals surface area (Å²) in [6.07, 6.45) is 3.30. The first-order chi connectivity index (χ1) is 26.3. The quantitative estimate of drug-likeness (QED) is 0.118. The Balaban J connectivity index is 1.19. The topological polar surface area (TPSA) is 88.2 Å². The van der Waals surface area contributed by atoms with E-state index >= 15 is 0 Å². The predicted octanol–water partition coefficient (Wildman–Crippen LogP) is 9.73. The Morgan fingerprint density at radius 3 is 1.98 bits per heavy atom. The van der Waals surface area contributed by atoms with E-state index in [1.165, 1.54) is 22.9 Å². The number of ether oxygens (including phenoxy) is 2. The number of anilines is 2. The largest absolute Gasteiger partial charge is 0.490 e. The third kappa shape index (κ3) is 6.96. The maximum absolute atomic E-state index is 14.4. The number of urea groups is 1. The number of nitrogens with one attached hydrogen (secondary N) is 1. The van der Waals surface area contributed by atoms with E-state index in [-0.39, 0.29) is 17.4 Å². The highest BCUT2D eigenvalue weighted by atomic mass is 79.9. The van der Waals surface area contributed by atoms with E-state index in [0.29, 0.717) is 40.4 Å². The van der Waals surface area contributed by atoms with Gasteiger partial charge < -0.3 is 14.4 Å². The average Bonchev–Trinajstić information content (AvgIpc) is 3.18. The molecule has 272 valence electrons. The van der Waals surface area contributed by atoms with E-state index in [2.05, 4.69) is 66.3 Å². The van der Waals surface area contributed by atoms with Crippen molar-refractivity contribution in [3.8, 4) is 11.5 Å². The molecule has 3 aliphatic rings. The van der Waals surface area contributed by atoms with Crippen LogP contribution in [0.15, 0.2) is 124 Å². The van der Waals surface area contributed by atoms with Crippen molar-refractivity contribution < 1.29 is 23.9 Å². The van der Waals surface area contributed by atoms with Crippen LogP contribution in [0.2, 0.25) is 0 Å². The normalized spacial score (nSPS) is 18.7. The van der Waals surface area contributed by atoms with Crippen molar-refractivity contribution in [2.24, 2.45) is 0 Å². The van der Waals surface area contributed by atoms with E-state index in [0.717, 1.165) is 52.0 Å². The molecule has 1 saturated heterocycles. The van der Waals surface area contributed by atoms with Crippen molar-refractivity contribution in [3.63, 3.8) is 0 Å². The summed E-state index contributed by atoms with van der Waals surface area (Å²) in [5.41, 5.74) is 7.46. The van der Waals surface area contributed by atoms with Gasteiger partial charge in [0.05, 0.1) is 16.8 Å². The first-order valence-electron chi connectivity index (χ1n) is 18.1. The molecule has 8 rings (SSSR count). The second-order valence-electron chi connectivity index (χ2n) is 13.6. The number of hydrogen-bond acceptors (Lipinski definition) is 6. The van der Waals surface area contributed by atoms with Crippen LogP contribution in [-0.2, 0) is 16.2 Å². The van der Waals surface area contributed by atoms with Gasteiger partial charge in [0, 0.05) is 35.1 Å². The number of amides is 4. The zero-order chi connectivity index (χ0) is 37.3. The minimum absolute atomic E-state index is 0.0732. The zero-order valence-corrected chi connectivity index (χ0v) is 32.7. The first-order valence-corrected chi connectivity index (χ1v) is 19.7. The molecule has 3 aliphatic heterocycles. The summed E-state index contributed by atoms with van der Waals surface area (Å²) in [7, 11) is 0. The van der Waals surface area contributed by atoms with Gasteiger partial charge in [-0.2, -0.15) is 0 Å². The van der Waals surface area contributed by atoms with Gasteiger partial charge in [-0.1, -0.05) is 88.7 Å². The minimum atomic E-state index is -0.779. The van der Waals surface area contributed by atoms with E-state index in [9.17, 15) is 14.4 Å². The van der Waals surface area contributed by atoms with Gasteiger partial charge in [0.2, 0.25) is 0 Å². The lowest BCUT2D eigenvalue weighted by molar-refractivity contribution is -0.122. The molecule has 8 nitrogen and oxygen atoms in total. The third-order valence-corrected chi connectivity index (χ3v) is 11.4. The van der Waals surface area contributed by atoms with Crippen LogP contribution in [0.4, 0.5) is 16.2 Å².